The first kappa shape index (κ1) is 16.3. The molecule has 0 amide bonds. The van der Waals surface area contributed by atoms with E-state index in [-0.39, 0.29) is 18.6 Å². The fraction of sp³-hybridized carbons (Fsp3) is 0.350. The Hall–Kier alpha value is -2.93. The molecular weight excluding hydrogens is 350 g/mol. The number of phenolic OH excluding ortho intramolecular Hbond substituents is 1. The van der Waals surface area contributed by atoms with Gasteiger partial charge in [0, 0.05) is 12.1 Å². The maximum absolute atomic E-state index is 12.6. The molecule has 0 saturated heterocycles. The van der Waals surface area contributed by atoms with Gasteiger partial charge in [-0.3, -0.25) is 4.90 Å². The Bertz CT molecular complexity index is 956. The second-order valence-corrected chi connectivity index (χ2v) is 6.99. The average Bonchev–Trinajstić information content (AvgIpc) is 3.25. The van der Waals surface area contributed by atoms with Crippen LogP contribution in [0, 0.1) is 0 Å². The topological polar surface area (TPSA) is 77.5 Å². The predicted molar refractivity (Wildman–Crippen MR) is 94.5 cm³/mol. The van der Waals surface area contributed by atoms with Crippen LogP contribution in [0.15, 0.2) is 24.3 Å². The molecule has 3 aliphatic heterocycles. The molecule has 2 atom stereocenters. The number of esters is 1. The number of cyclic esters (lactones) is 1. The lowest BCUT2D eigenvalue weighted by Crippen LogP contribution is -2.36. The highest BCUT2D eigenvalue weighted by atomic mass is 16.7. The van der Waals surface area contributed by atoms with E-state index in [1.165, 1.54) is 7.11 Å². The van der Waals surface area contributed by atoms with Gasteiger partial charge < -0.3 is 24.1 Å². The summed E-state index contributed by atoms with van der Waals surface area (Å²) >= 11 is 0. The van der Waals surface area contributed by atoms with E-state index in [0.717, 1.165) is 29.7 Å². The second kappa shape index (κ2) is 5.79. The molecule has 27 heavy (non-hydrogen) atoms. The predicted octanol–water partition coefficient (Wildman–Crippen LogP) is 2.57. The smallest absolute Gasteiger partial charge is 0.343 e. The SMILES string of the molecule is COc1cc2c(cc1O)CCN(C)[C@@H]2[C@@H]1OC(=O)c2c1ccc1c2OCO1. The Morgan fingerprint density at radius 1 is 1.22 bits per heavy atom. The lowest BCUT2D eigenvalue weighted by molar-refractivity contribution is 0.00928. The van der Waals surface area contributed by atoms with Crippen molar-refractivity contribution < 1.29 is 28.8 Å². The molecule has 0 bridgehead atoms. The van der Waals surface area contributed by atoms with Crippen LogP contribution < -0.4 is 14.2 Å². The zero-order valence-electron chi connectivity index (χ0n) is 15.0. The summed E-state index contributed by atoms with van der Waals surface area (Å²) < 4.78 is 22.0. The summed E-state index contributed by atoms with van der Waals surface area (Å²) in [5.74, 6) is 1.15. The van der Waals surface area contributed by atoms with E-state index in [4.69, 9.17) is 18.9 Å². The van der Waals surface area contributed by atoms with Crippen LogP contribution in [0.4, 0.5) is 0 Å². The van der Waals surface area contributed by atoms with Gasteiger partial charge in [0.15, 0.2) is 23.0 Å². The third kappa shape index (κ3) is 2.28. The molecule has 7 nitrogen and oxygen atoms in total. The number of hydrogen-bond donors (Lipinski definition) is 1. The standard InChI is InChI=1S/C20H19NO6/c1-21-6-5-10-7-13(22)15(24-2)8-12(10)17(21)18-11-3-4-14-19(26-9-25-14)16(11)20(23)27-18/h3-4,7-8,17-18,22H,5-6,9H2,1-2H3/t17-,18+/m0/s1. The average molecular weight is 369 g/mol. The van der Waals surface area contributed by atoms with E-state index in [9.17, 15) is 9.90 Å². The second-order valence-electron chi connectivity index (χ2n) is 6.99. The molecule has 0 saturated carbocycles. The van der Waals surface area contributed by atoms with Gasteiger partial charge in [-0.2, -0.15) is 0 Å². The van der Waals surface area contributed by atoms with Crippen molar-refractivity contribution in [1.82, 2.24) is 4.90 Å². The quantitative estimate of drug-likeness (QED) is 0.815. The number of fused-ring (bicyclic) bond motifs is 4. The highest BCUT2D eigenvalue weighted by molar-refractivity contribution is 5.98. The van der Waals surface area contributed by atoms with E-state index < -0.39 is 12.1 Å². The van der Waals surface area contributed by atoms with Crippen molar-refractivity contribution >= 4 is 5.97 Å². The van der Waals surface area contributed by atoms with Crippen LogP contribution in [0.1, 0.15) is 39.2 Å². The number of methoxy groups -OCH3 is 1. The normalized spacial score (nSPS) is 23.0. The molecule has 7 heteroatoms. The number of phenols is 1. The summed E-state index contributed by atoms with van der Waals surface area (Å²) in [6.07, 6.45) is 0.328. The summed E-state index contributed by atoms with van der Waals surface area (Å²) in [6, 6.07) is 7.08. The van der Waals surface area contributed by atoms with Crippen LogP contribution in [-0.4, -0.2) is 43.5 Å². The van der Waals surface area contributed by atoms with Gasteiger partial charge >= 0.3 is 5.97 Å². The molecule has 3 heterocycles. The first-order valence-electron chi connectivity index (χ1n) is 8.82. The highest BCUT2D eigenvalue weighted by Crippen LogP contribution is 2.51. The number of nitrogens with zero attached hydrogens (tertiary/aromatic N) is 1. The van der Waals surface area contributed by atoms with Crippen LogP contribution >= 0.6 is 0 Å². The molecule has 2 aromatic carbocycles. The number of ether oxygens (including phenoxy) is 4. The third-order valence-corrected chi connectivity index (χ3v) is 5.57. The first-order valence-corrected chi connectivity index (χ1v) is 8.82. The number of aromatic hydroxyl groups is 1. The van der Waals surface area contributed by atoms with Crippen molar-refractivity contribution in [1.29, 1.82) is 0 Å². The van der Waals surface area contributed by atoms with Crippen molar-refractivity contribution in [2.45, 2.75) is 18.6 Å². The van der Waals surface area contributed by atoms with Gasteiger partial charge in [-0.05, 0) is 42.8 Å². The minimum atomic E-state index is -0.472. The molecule has 0 radical (unpaired) electrons. The van der Waals surface area contributed by atoms with Crippen molar-refractivity contribution in [2.75, 3.05) is 27.5 Å². The van der Waals surface area contributed by atoms with Crippen molar-refractivity contribution in [3.8, 4) is 23.0 Å². The molecule has 0 fully saturated rings. The largest absolute Gasteiger partial charge is 0.504 e. The molecule has 0 aromatic heterocycles. The highest BCUT2D eigenvalue weighted by Gasteiger charge is 2.44. The zero-order chi connectivity index (χ0) is 18.7. The van der Waals surface area contributed by atoms with Gasteiger partial charge in [-0.15, -0.1) is 0 Å². The van der Waals surface area contributed by atoms with Crippen LogP contribution in [0.25, 0.3) is 0 Å². The van der Waals surface area contributed by atoms with Crippen molar-refractivity contribution in [3.05, 3.63) is 46.5 Å². The first-order chi connectivity index (χ1) is 13.1. The summed E-state index contributed by atoms with van der Waals surface area (Å²) in [6.45, 7) is 0.893. The van der Waals surface area contributed by atoms with Crippen LogP contribution in [0.2, 0.25) is 0 Å². The summed E-state index contributed by atoms with van der Waals surface area (Å²) in [5, 5.41) is 10.1. The summed E-state index contributed by atoms with van der Waals surface area (Å²) in [7, 11) is 3.53. The fourth-order valence-electron chi connectivity index (χ4n) is 4.26. The summed E-state index contributed by atoms with van der Waals surface area (Å²) in [4.78, 5) is 14.8. The van der Waals surface area contributed by atoms with E-state index in [2.05, 4.69) is 4.90 Å². The monoisotopic (exact) mass is 369 g/mol. The zero-order valence-corrected chi connectivity index (χ0v) is 15.0. The maximum atomic E-state index is 12.6. The van der Waals surface area contributed by atoms with Crippen LogP contribution in [0.5, 0.6) is 23.0 Å². The lowest BCUT2D eigenvalue weighted by Gasteiger charge is -2.37. The Labute approximate surface area is 156 Å². The number of carbonyl (C=O) groups is 1. The van der Waals surface area contributed by atoms with Crippen LogP contribution in [-0.2, 0) is 11.2 Å². The van der Waals surface area contributed by atoms with Gasteiger partial charge in [0.1, 0.15) is 11.7 Å². The van der Waals surface area contributed by atoms with Crippen molar-refractivity contribution in [2.24, 2.45) is 0 Å². The molecule has 1 N–H and O–H groups in total. The number of hydrogen-bond acceptors (Lipinski definition) is 7. The Morgan fingerprint density at radius 3 is 2.89 bits per heavy atom. The Kier molecular flexibility index (Phi) is 3.48. The number of likely N-dealkylation sites (N-methyl/N-ethyl adjacent to an activating group) is 1. The lowest BCUT2D eigenvalue weighted by atomic mass is 9.86. The molecule has 3 aliphatic rings. The minimum absolute atomic E-state index is 0.104. The van der Waals surface area contributed by atoms with E-state index in [1.807, 2.05) is 25.2 Å². The number of benzene rings is 2. The van der Waals surface area contributed by atoms with Gasteiger partial charge in [0.05, 0.1) is 13.2 Å². The Balaban J connectivity index is 1.64. The van der Waals surface area contributed by atoms with Gasteiger partial charge in [-0.25, -0.2) is 4.79 Å². The van der Waals surface area contributed by atoms with Crippen molar-refractivity contribution in [3.63, 3.8) is 0 Å². The Morgan fingerprint density at radius 2 is 2.07 bits per heavy atom. The van der Waals surface area contributed by atoms with Gasteiger partial charge in [0.25, 0.3) is 0 Å². The molecule has 0 aliphatic carbocycles. The minimum Gasteiger partial charge on any atom is -0.504 e. The third-order valence-electron chi connectivity index (χ3n) is 5.57. The molecule has 5 rings (SSSR count). The molecular formula is C20H19NO6. The number of carbonyl (C=O) groups excluding carboxylic acids is 1. The van der Waals surface area contributed by atoms with E-state index in [0.29, 0.717) is 22.8 Å². The van der Waals surface area contributed by atoms with Gasteiger partial charge in [0.2, 0.25) is 6.79 Å². The van der Waals surface area contributed by atoms with Crippen LogP contribution in [0.3, 0.4) is 0 Å². The van der Waals surface area contributed by atoms with E-state index in [1.54, 1.807) is 6.07 Å². The van der Waals surface area contributed by atoms with Gasteiger partial charge in [-0.1, -0.05) is 6.07 Å². The molecule has 140 valence electrons. The van der Waals surface area contributed by atoms with E-state index >= 15 is 0 Å². The number of rotatable bonds is 2. The fourth-order valence-corrected chi connectivity index (χ4v) is 4.26. The maximum Gasteiger partial charge on any atom is 0.343 e. The molecule has 2 aromatic rings. The molecule has 0 unspecified atom stereocenters. The summed E-state index contributed by atoms with van der Waals surface area (Å²) in [5.41, 5.74) is 3.26. The molecule has 0 spiro atoms.